The van der Waals surface area contributed by atoms with Crippen LogP contribution in [0.4, 0.5) is 0 Å². The molecule has 0 radical (unpaired) electrons. The molecule has 0 amide bonds. The molecule has 28 heavy (non-hydrogen) atoms. The van der Waals surface area contributed by atoms with Gasteiger partial charge in [0.1, 0.15) is 0 Å². The van der Waals surface area contributed by atoms with E-state index in [2.05, 4.69) is 31.4 Å². The number of quaternary nitrogens is 2. The largest absolute Gasteiger partial charge is 0.381 e. The van der Waals surface area contributed by atoms with Gasteiger partial charge in [-0.05, 0) is 59.3 Å². The van der Waals surface area contributed by atoms with Crippen molar-refractivity contribution in [3.63, 3.8) is 0 Å². The number of alkyl halides is 1. The SMILES string of the molecule is CC[NH+](CC)CCC[C@@H](C)NC1C2CCC(Cl)CC2[NH2+]C2CCC(OC)CC21. The second-order valence-electron chi connectivity index (χ2n) is 9.87. The van der Waals surface area contributed by atoms with Crippen molar-refractivity contribution in [1.29, 1.82) is 0 Å². The van der Waals surface area contributed by atoms with Crippen molar-refractivity contribution >= 4 is 11.6 Å². The van der Waals surface area contributed by atoms with Crippen LogP contribution in [-0.2, 0) is 4.74 Å². The third-order valence-electron chi connectivity index (χ3n) is 8.19. The number of methoxy groups -OCH3 is 1. The topological polar surface area (TPSA) is 42.3 Å². The van der Waals surface area contributed by atoms with E-state index in [-0.39, 0.29) is 0 Å². The molecule has 3 aliphatic rings. The van der Waals surface area contributed by atoms with E-state index < -0.39 is 0 Å². The lowest BCUT2D eigenvalue weighted by Crippen LogP contribution is -3.11. The van der Waals surface area contributed by atoms with Crippen molar-refractivity contribution in [2.45, 2.75) is 108 Å². The van der Waals surface area contributed by atoms with Crippen LogP contribution in [0.15, 0.2) is 0 Å². The third kappa shape index (κ3) is 5.63. The third-order valence-corrected chi connectivity index (χ3v) is 8.59. The molecule has 2 aliphatic carbocycles. The summed E-state index contributed by atoms with van der Waals surface area (Å²) in [6.45, 7) is 10.9. The number of halogens is 1. The number of nitrogens with two attached hydrogens (primary N) is 1. The molecule has 7 unspecified atom stereocenters. The zero-order valence-electron chi connectivity index (χ0n) is 18.8. The van der Waals surface area contributed by atoms with Crippen molar-refractivity contribution in [3.8, 4) is 0 Å². The van der Waals surface area contributed by atoms with Crippen molar-refractivity contribution in [2.24, 2.45) is 11.8 Å². The summed E-state index contributed by atoms with van der Waals surface area (Å²) in [4.78, 5) is 1.73. The number of hydrogen-bond acceptors (Lipinski definition) is 2. The molecule has 0 aromatic heterocycles. The Morgan fingerprint density at radius 3 is 2.57 bits per heavy atom. The first-order valence-corrected chi connectivity index (χ1v) is 12.6. The predicted molar refractivity (Wildman–Crippen MR) is 117 cm³/mol. The van der Waals surface area contributed by atoms with Crippen molar-refractivity contribution < 1.29 is 15.0 Å². The molecule has 2 saturated carbocycles. The van der Waals surface area contributed by atoms with Gasteiger partial charge >= 0.3 is 0 Å². The molecule has 8 atom stereocenters. The number of ether oxygens (including phenoxy) is 1. The van der Waals surface area contributed by atoms with Gasteiger partial charge in [0, 0.05) is 49.2 Å². The summed E-state index contributed by atoms with van der Waals surface area (Å²) in [6, 6.07) is 2.75. The lowest BCUT2D eigenvalue weighted by Gasteiger charge is -2.51. The van der Waals surface area contributed by atoms with Gasteiger partial charge in [-0.1, -0.05) is 0 Å². The number of hydrogen-bond donors (Lipinski definition) is 3. The van der Waals surface area contributed by atoms with Crippen LogP contribution in [0.1, 0.15) is 72.1 Å². The summed E-state index contributed by atoms with van der Waals surface area (Å²) in [6.07, 6.45) is 10.5. The van der Waals surface area contributed by atoms with Gasteiger partial charge in [-0.2, -0.15) is 0 Å². The lowest BCUT2D eigenvalue weighted by atomic mass is 9.65. The highest BCUT2D eigenvalue weighted by molar-refractivity contribution is 6.20. The second-order valence-corrected chi connectivity index (χ2v) is 10.5. The minimum absolute atomic E-state index is 0.388. The summed E-state index contributed by atoms with van der Waals surface area (Å²) >= 11 is 6.57. The van der Waals surface area contributed by atoms with Gasteiger partial charge in [-0.3, -0.25) is 0 Å². The van der Waals surface area contributed by atoms with E-state index in [0.29, 0.717) is 23.6 Å². The molecule has 3 fully saturated rings. The Bertz CT molecular complexity index is 461. The first-order chi connectivity index (χ1) is 13.5. The molecule has 4 N–H and O–H groups in total. The van der Waals surface area contributed by atoms with Gasteiger partial charge in [0.05, 0.1) is 37.8 Å². The minimum Gasteiger partial charge on any atom is -0.381 e. The lowest BCUT2D eigenvalue weighted by molar-refractivity contribution is -0.896. The van der Waals surface area contributed by atoms with Crippen LogP contribution in [0.3, 0.4) is 0 Å². The van der Waals surface area contributed by atoms with E-state index in [0.717, 1.165) is 23.9 Å². The van der Waals surface area contributed by atoms with Crippen LogP contribution in [0.5, 0.6) is 0 Å². The quantitative estimate of drug-likeness (QED) is 0.500. The normalized spacial score (nSPS) is 39.4. The van der Waals surface area contributed by atoms with Crippen molar-refractivity contribution in [3.05, 3.63) is 0 Å². The van der Waals surface area contributed by atoms with Gasteiger partial charge in [-0.25, -0.2) is 0 Å². The molecular formula is C23H46ClN3O+2. The molecule has 164 valence electrons. The monoisotopic (exact) mass is 415 g/mol. The highest BCUT2D eigenvalue weighted by Crippen LogP contribution is 2.39. The Labute approximate surface area is 178 Å². The maximum absolute atomic E-state index is 6.57. The zero-order chi connectivity index (χ0) is 20.1. The van der Waals surface area contributed by atoms with E-state index in [1.807, 2.05) is 7.11 Å². The first kappa shape index (κ1) is 22.8. The summed E-state index contributed by atoms with van der Waals surface area (Å²) in [5.74, 6) is 1.53. The van der Waals surface area contributed by atoms with Gasteiger partial charge in [-0.15, -0.1) is 11.6 Å². The highest BCUT2D eigenvalue weighted by atomic mass is 35.5. The summed E-state index contributed by atoms with van der Waals surface area (Å²) in [5.41, 5.74) is 0. The summed E-state index contributed by atoms with van der Waals surface area (Å²) in [7, 11) is 1.90. The van der Waals surface area contributed by atoms with E-state index in [1.54, 1.807) is 4.90 Å². The maximum Gasteiger partial charge on any atom is 0.0919 e. The van der Waals surface area contributed by atoms with Gasteiger partial charge in [0.2, 0.25) is 0 Å². The Morgan fingerprint density at radius 1 is 1.07 bits per heavy atom. The minimum atomic E-state index is 0.388. The molecule has 4 nitrogen and oxygen atoms in total. The summed E-state index contributed by atoms with van der Waals surface area (Å²) in [5, 5.41) is 7.27. The Morgan fingerprint density at radius 2 is 1.86 bits per heavy atom. The Kier molecular flexibility index (Phi) is 8.92. The fourth-order valence-electron chi connectivity index (χ4n) is 6.45. The van der Waals surface area contributed by atoms with Crippen LogP contribution < -0.4 is 15.5 Å². The van der Waals surface area contributed by atoms with Crippen LogP contribution in [0.2, 0.25) is 0 Å². The second kappa shape index (κ2) is 10.9. The summed E-state index contributed by atoms with van der Waals surface area (Å²) < 4.78 is 5.80. The molecule has 5 heteroatoms. The molecule has 1 aliphatic heterocycles. The van der Waals surface area contributed by atoms with Crippen LogP contribution >= 0.6 is 11.6 Å². The molecule has 0 aromatic carbocycles. The van der Waals surface area contributed by atoms with Crippen LogP contribution in [-0.4, -0.2) is 62.4 Å². The average Bonchev–Trinajstić information content (AvgIpc) is 2.70. The maximum atomic E-state index is 6.57. The molecule has 1 saturated heterocycles. The van der Waals surface area contributed by atoms with E-state index in [9.17, 15) is 0 Å². The Balaban J connectivity index is 1.62. The first-order valence-electron chi connectivity index (χ1n) is 12.2. The van der Waals surface area contributed by atoms with Crippen LogP contribution in [0.25, 0.3) is 0 Å². The Hall–Kier alpha value is 0.130. The highest BCUT2D eigenvalue weighted by Gasteiger charge is 2.51. The molecule has 0 bridgehead atoms. The molecule has 1 heterocycles. The van der Waals surface area contributed by atoms with E-state index in [4.69, 9.17) is 16.3 Å². The fourth-order valence-corrected chi connectivity index (χ4v) is 6.78. The van der Waals surface area contributed by atoms with Gasteiger partial charge in [0.15, 0.2) is 0 Å². The zero-order valence-corrected chi connectivity index (χ0v) is 19.5. The van der Waals surface area contributed by atoms with E-state index >= 15 is 0 Å². The number of fused-ring (bicyclic) bond motifs is 2. The number of piperidine rings is 1. The molecule has 0 aromatic rings. The average molecular weight is 416 g/mol. The molecule has 0 spiro atoms. The van der Waals surface area contributed by atoms with Gasteiger partial charge in [0.25, 0.3) is 0 Å². The smallest absolute Gasteiger partial charge is 0.0919 e. The molecular weight excluding hydrogens is 370 g/mol. The number of nitrogens with one attached hydrogen (secondary N) is 2. The van der Waals surface area contributed by atoms with Crippen molar-refractivity contribution in [1.82, 2.24) is 5.32 Å². The van der Waals surface area contributed by atoms with Crippen LogP contribution in [0, 0.1) is 11.8 Å². The van der Waals surface area contributed by atoms with Gasteiger partial charge < -0.3 is 20.3 Å². The number of rotatable bonds is 9. The standard InChI is InChI=1S/C23H44ClN3O/c1-5-27(6-2)13-7-8-16(3)25-23-19-11-9-17(24)14-22(19)26-21-12-10-18(28-4)15-20(21)23/h16-23,25-26H,5-15H2,1-4H3/p+2/t16-,17?,18?,19?,20?,21?,22?,23?/m1/s1. The molecule has 3 rings (SSSR count). The van der Waals surface area contributed by atoms with E-state index in [1.165, 1.54) is 71.0 Å². The fraction of sp³-hybridized carbons (Fsp3) is 1.00. The van der Waals surface area contributed by atoms with Crippen molar-refractivity contribution in [2.75, 3.05) is 26.7 Å². The predicted octanol–water partition coefficient (Wildman–Crippen LogP) is 1.57.